The van der Waals surface area contributed by atoms with Gasteiger partial charge in [0.2, 0.25) is 0 Å². The van der Waals surface area contributed by atoms with Crippen molar-refractivity contribution in [2.24, 2.45) is 0 Å². The molecule has 4 heteroatoms. The maximum Gasteiger partial charge on any atom is 0.157 e. The highest BCUT2D eigenvalue weighted by Crippen LogP contribution is 2.13. The molecule has 1 fully saturated rings. The average Bonchev–Trinajstić information content (AvgIpc) is 2.58. The van der Waals surface area contributed by atoms with E-state index in [0.717, 1.165) is 37.7 Å². The Balaban J connectivity index is 1.70. The molecule has 0 N–H and O–H groups in total. The van der Waals surface area contributed by atoms with E-state index in [1.165, 1.54) is 0 Å². The highest BCUT2D eigenvalue weighted by atomic mass is 16.7. The van der Waals surface area contributed by atoms with Crippen LogP contribution in [-0.4, -0.2) is 31.9 Å². The molecule has 0 spiro atoms. The molecule has 0 amide bonds. The van der Waals surface area contributed by atoms with Crippen molar-refractivity contribution in [2.75, 3.05) is 13.2 Å². The van der Waals surface area contributed by atoms with E-state index in [1.54, 1.807) is 0 Å². The van der Waals surface area contributed by atoms with Crippen molar-refractivity contribution in [2.45, 2.75) is 44.7 Å². The SMILES string of the molecule is O=CC[C@@H](/C=C/COC1CCCCO1)OCc1ccccc1. The van der Waals surface area contributed by atoms with Crippen LogP contribution in [0, 0.1) is 0 Å². The minimum atomic E-state index is -0.214. The van der Waals surface area contributed by atoms with E-state index in [9.17, 15) is 4.79 Å². The highest BCUT2D eigenvalue weighted by Gasteiger charge is 2.13. The first kappa shape index (κ1) is 16.9. The van der Waals surface area contributed by atoms with Gasteiger partial charge < -0.3 is 19.0 Å². The van der Waals surface area contributed by atoms with Gasteiger partial charge in [0, 0.05) is 13.0 Å². The summed E-state index contributed by atoms with van der Waals surface area (Å²) in [5.41, 5.74) is 1.10. The standard InChI is InChI=1S/C18H24O4/c19-12-11-17(22-15-16-7-2-1-3-8-16)9-6-14-21-18-10-4-5-13-20-18/h1-3,6-9,12,17-18H,4-5,10-11,13-15H2/b9-6+/t17-,18?/m1/s1. The molecule has 0 bridgehead atoms. The van der Waals surface area contributed by atoms with Crippen LogP contribution >= 0.6 is 0 Å². The number of benzene rings is 1. The Morgan fingerprint density at radius 1 is 1.27 bits per heavy atom. The maximum atomic E-state index is 10.7. The monoisotopic (exact) mass is 304 g/mol. The van der Waals surface area contributed by atoms with Crippen molar-refractivity contribution in [3.05, 3.63) is 48.0 Å². The molecule has 2 atom stereocenters. The van der Waals surface area contributed by atoms with Crippen LogP contribution in [0.3, 0.4) is 0 Å². The fourth-order valence-electron chi connectivity index (χ4n) is 2.29. The predicted molar refractivity (Wildman–Crippen MR) is 84.4 cm³/mol. The minimum absolute atomic E-state index is 0.0897. The van der Waals surface area contributed by atoms with Gasteiger partial charge in [0.1, 0.15) is 6.29 Å². The Hall–Kier alpha value is -1.49. The molecule has 1 aromatic rings. The molecule has 1 heterocycles. The van der Waals surface area contributed by atoms with E-state index in [0.29, 0.717) is 19.6 Å². The van der Waals surface area contributed by atoms with E-state index in [4.69, 9.17) is 14.2 Å². The summed E-state index contributed by atoms with van der Waals surface area (Å²) in [4.78, 5) is 10.7. The molecule has 1 aliphatic heterocycles. The summed E-state index contributed by atoms with van der Waals surface area (Å²) in [6.45, 7) is 1.76. The summed E-state index contributed by atoms with van der Waals surface area (Å²) >= 11 is 0. The molecule has 120 valence electrons. The minimum Gasteiger partial charge on any atom is -0.369 e. The average molecular weight is 304 g/mol. The van der Waals surface area contributed by atoms with Gasteiger partial charge in [-0.2, -0.15) is 0 Å². The van der Waals surface area contributed by atoms with E-state index in [2.05, 4.69) is 0 Å². The predicted octanol–water partition coefficient (Wildman–Crippen LogP) is 3.26. The van der Waals surface area contributed by atoms with Gasteiger partial charge in [-0.25, -0.2) is 0 Å². The van der Waals surface area contributed by atoms with Gasteiger partial charge in [-0.15, -0.1) is 0 Å². The van der Waals surface area contributed by atoms with Crippen LogP contribution in [0.15, 0.2) is 42.5 Å². The maximum absolute atomic E-state index is 10.7. The number of carbonyl (C=O) groups excluding carboxylic acids is 1. The Labute approximate surface area is 132 Å². The summed E-state index contributed by atoms with van der Waals surface area (Å²) in [7, 11) is 0. The van der Waals surface area contributed by atoms with Crippen LogP contribution in [0.25, 0.3) is 0 Å². The molecule has 0 aromatic heterocycles. The van der Waals surface area contributed by atoms with Gasteiger partial charge in [0.05, 0.1) is 19.3 Å². The van der Waals surface area contributed by atoms with Crippen molar-refractivity contribution >= 4 is 6.29 Å². The van der Waals surface area contributed by atoms with Crippen LogP contribution in [0.2, 0.25) is 0 Å². The summed E-state index contributed by atoms with van der Waals surface area (Å²) in [5, 5.41) is 0. The second-order valence-electron chi connectivity index (χ2n) is 5.30. The quantitative estimate of drug-likeness (QED) is 0.519. The topological polar surface area (TPSA) is 44.8 Å². The Morgan fingerprint density at radius 2 is 2.14 bits per heavy atom. The van der Waals surface area contributed by atoms with Gasteiger partial charge in [-0.3, -0.25) is 0 Å². The van der Waals surface area contributed by atoms with Crippen molar-refractivity contribution in [1.29, 1.82) is 0 Å². The van der Waals surface area contributed by atoms with E-state index < -0.39 is 0 Å². The molecule has 1 aromatic carbocycles. The number of hydrogen-bond acceptors (Lipinski definition) is 4. The normalized spacial score (nSPS) is 20.1. The van der Waals surface area contributed by atoms with Gasteiger partial charge in [-0.1, -0.05) is 42.5 Å². The molecule has 1 saturated heterocycles. The number of hydrogen-bond donors (Lipinski definition) is 0. The lowest BCUT2D eigenvalue weighted by Crippen LogP contribution is -2.22. The second kappa shape index (κ2) is 10.3. The van der Waals surface area contributed by atoms with Crippen LogP contribution < -0.4 is 0 Å². The van der Waals surface area contributed by atoms with Crippen LogP contribution in [0.4, 0.5) is 0 Å². The number of ether oxygens (including phenoxy) is 3. The van der Waals surface area contributed by atoms with Gasteiger partial charge in [0.25, 0.3) is 0 Å². The lowest BCUT2D eigenvalue weighted by molar-refractivity contribution is -0.155. The third-order valence-electron chi connectivity index (χ3n) is 3.50. The smallest absolute Gasteiger partial charge is 0.157 e. The third-order valence-corrected chi connectivity index (χ3v) is 3.50. The van der Waals surface area contributed by atoms with Crippen LogP contribution in [-0.2, 0) is 25.6 Å². The zero-order valence-electron chi connectivity index (χ0n) is 12.9. The number of carbonyl (C=O) groups is 1. The first-order valence-electron chi connectivity index (χ1n) is 7.87. The van der Waals surface area contributed by atoms with Crippen LogP contribution in [0.5, 0.6) is 0 Å². The number of rotatable bonds is 9. The molecule has 4 nitrogen and oxygen atoms in total. The molecule has 1 aliphatic rings. The van der Waals surface area contributed by atoms with Crippen molar-refractivity contribution < 1.29 is 19.0 Å². The second-order valence-corrected chi connectivity index (χ2v) is 5.30. The van der Waals surface area contributed by atoms with Crippen molar-refractivity contribution in [3.8, 4) is 0 Å². The molecule has 1 unspecified atom stereocenters. The summed E-state index contributed by atoms with van der Waals surface area (Å²) in [5.74, 6) is 0. The largest absolute Gasteiger partial charge is 0.369 e. The lowest BCUT2D eigenvalue weighted by Gasteiger charge is -2.22. The third kappa shape index (κ3) is 6.52. The molecule has 0 saturated carbocycles. The molecule has 0 radical (unpaired) electrons. The van der Waals surface area contributed by atoms with Crippen molar-refractivity contribution in [3.63, 3.8) is 0 Å². The first-order chi connectivity index (χ1) is 10.9. The van der Waals surface area contributed by atoms with Gasteiger partial charge in [-0.05, 0) is 24.8 Å². The molecular formula is C18H24O4. The number of aldehydes is 1. The van der Waals surface area contributed by atoms with Gasteiger partial charge >= 0.3 is 0 Å². The Morgan fingerprint density at radius 3 is 2.86 bits per heavy atom. The first-order valence-corrected chi connectivity index (χ1v) is 7.87. The fourth-order valence-corrected chi connectivity index (χ4v) is 2.29. The highest BCUT2D eigenvalue weighted by molar-refractivity contribution is 5.50. The van der Waals surface area contributed by atoms with E-state index >= 15 is 0 Å². The summed E-state index contributed by atoms with van der Waals surface area (Å²) in [6.07, 6.45) is 7.94. The molecular weight excluding hydrogens is 280 g/mol. The van der Waals surface area contributed by atoms with Crippen molar-refractivity contribution in [1.82, 2.24) is 0 Å². The zero-order valence-corrected chi connectivity index (χ0v) is 12.9. The molecule has 0 aliphatic carbocycles. The summed E-state index contributed by atoms with van der Waals surface area (Å²) < 4.78 is 16.9. The van der Waals surface area contributed by atoms with Crippen LogP contribution in [0.1, 0.15) is 31.2 Å². The summed E-state index contributed by atoms with van der Waals surface area (Å²) in [6, 6.07) is 9.93. The van der Waals surface area contributed by atoms with E-state index in [-0.39, 0.29) is 12.4 Å². The lowest BCUT2D eigenvalue weighted by atomic mass is 10.2. The molecule has 2 rings (SSSR count). The fraction of sp³-hybridized carbons (Fsp3) is 0.500. The van der Waals surface area contributed by atoms with Gasteiger partial charge in [0.15, 0.2) is 6.29 Å². The Kier molecular flexibility index (Phi) is 7.88. The zero-order chi connectivity index (χ0) is 15.5. The molecule has 22 heavy (non-hydrogen) atoms. The van der Waals surface area contributed by atoms with E-state index in [1.807, 2.05) is 42.5 Å². The Bertz CT molecular complexity index is 438.